The van der Waals surface area contributed by atoms with Crippen LogP contribution in [0.4, 0.5) is 0 Å². The number of benzene rings is 2. The van der Waals surface area contributed by atoms with E-state index in [2.05, 4.69) is 31.9 Å². The number of nitrogens with zero attached hydrogens (tertiary/aromatic N) is 1. The van der Waals surface area contributed by atoms with Crippen molar-refractivity contribution in [2.75, 3.05) is 6.54 Å². The van der Waals surface area contributed by atoms with E-state index in [9.17, 15) is 27.9 Å². The van der Waals surface area contributed by atoms with Gasteiger partial charge < -0.3 is 14.2 Å². The van der Waals surface area contributed by atoms with Gasteiger partial charge in [-0.1, -0.05) is 11.6 Å². The van der Waals surface area contributed by atoms with Crippen molar-refractivity contribution >= 4 is 71.1 Å². The van der Waals surface area contributed by atoms with Gasteiger partial charge in [0.15, 0.2) is 17.3 Å². The molecule has 8 nitrogen and oxygen atoms in total. The Morgan fingerprint density at radius 2 is 1.46 bits per heavy atom. The van der Waals surface area contributed by atoms with E-state index in [1.54, 1.807) is 17.0 Å². The molecule has 2 aromatic rings. The third kappa shape index (κ3) is 5.33. The zero-order valence-corrected chi connectivity index (χ0v) is 25.1. The van der Waals surface area contributed by atoms with Crippen molar-refractivity contribution in [3.63, 3.8) is 0 Å². The second-order valence-corrected chi connectivity index (χ2v) is 13.2. The highest BCUT2D eigenvalue weighted by atomic mass is 79.9. The van der Waals surface area contributed by atoms with E-state index in [0.29, 0.717) is 80.6 Å². The van der Waals surface area contributed by atoms with E-state index < -0.39 is 22.0 Å². The molecule has 39 heavy (non-hydrogen) atoms. The first-order valence-electron chi connectivity index (χ1n) is 12.2. The van der Waals surface area contributed by atoms with Crippen molar-refractivity contribution in [3.05, 3.63) is 78.5 Å². The molecule has 1 heterocycles. The smallest absolute Gasteiger partial charge is 0.339 e. The van der Waals surface area contributed by atoms with Crippen molar-refractivity contribution in [1.82, 2.24) is 4.90 Å². The van der Waals surface area contributed by atoms with E-state index in [4.69, 9.17) is 15.8 Å². The number of carboxylic acid groups (broad SMARTS) is 1. The van der Waals surface area contributed by atoms with E-state index in [1.807, 2.05) is 0 Å². The molecular weight excluding hydrogens is 678 g/mol. The number of carbonyl (C=O) groups excluding carboxylic acids is 2. The fraction of sp³-hybridized carbons (Fsp3) is 0.296. The Balaban J connectivity index is 1.62. The Hall–Kier alpha value is -2.47. The summed E-state index contributed by atoms with van der Waals surface area (Å²) >= 11 is 12.7. The lowest BCUT2D eigenvalue weighted by atomic mass is 9.71. The Bertz CT molecular complexity index is 1510. The molecule has 0 radical (unpaired) electrons. The van der Waals surface area contributed by atoms with E-state index >= 15 is 0 Å². The average molecular weight is 700 g/mol. The van der Waals surface area contributed by atoms with Crippen LogP contribution in [0.2, 0.25) is 5.02 Å². The summed E-state index contributed by atoms with van der Waals surface area (Å²) in [4.78, 5) is 40.0. The second kappa shape index (κ2) is 10.8. The third-order valence-corrected chi connectivity index (χ3v) is 9.69. The predicted molar refractivity (Wildman–Crippen MR) is 150 cm³/mol. The van der Waals surface area contributed by atoms with Gasteiger partial charge in [-0.2, -0.15) is 8.42 Å². The topological polar surface area (TPSA) is 118 Å². The molecule has 0 saturated heterocycles. The summed E-state index contributed by atoms with van der Waals surface area (Å²) in [7, 11) is -4.20. The number of hydrogen-bond acceptors (Lipinski definition) is 7. The van der Waals surface area contributed by atoms with Crippen LogP contribution >= 0.6 is 43.5 Å². The summed E-state index contributed by atoms with van der Waals surface area (Å²) in [5.41, 5.74) is 2.73. The number of hydrogen-bond donors (Lipinski definition) is 1. The zero-order chi connectivity index (χ0) is 28.1. The number of rotatable bonds is 6. The monoisotopic (exact) mass is 697 g/mol. The standard InChI is InChI=1S/C27H22Br2ClNO7S/c28-17-11-14(12-18(29)27(17)38-39(36,37)16-9-7-15(30)8-10-16)24-25-19(3-1-5-21(25)32)31(13-23(34)35)20-4-2-6-22(33)26(20)24/h7-12,24H,1-6,13H2,(H,34,35). The maximum Gasteiger partial charge on any atom is 0.339 e. The molecule has 2 aromatic carbocycles. The van der Waals surface area contributed by atoms with Crippen LogP contribution in [0.3, 0.4) is 0 Å². The molecule has 0 unspecified atom stereocenters. The molecule has 1 aliphatic heterocycles. The van der Waals surface area contributed by atoms with Crippen LogP contribution in [-0.4, -0.2) is 42.5 Å². The highest BCUT2D eigenvalue weighted by Gasteiger charge is 2.44. The van der Waals surface area contributed by atoms with Crippen LogP contribution in [-0.2, 0) is 24.5 Å². The molecule has 1 N–H and O–H groups in total. The third-order valence-electron chi connectivity index (χ3n) is 7.03. The van der Waals surface area contributed by atoms with Crippen LogP contribution in [0.25, 0.3) is 0 Å². The Morgan fingerprint density at radius 3 is 1.95 bits per heavy atom. The van der Waals surface area contributed by atoms with Crippen molar-refractivity contribution in [1.29, 1.82) is 0 Å². The summed E-state index contributed by atoms with van der Waals surface area (Å²) in [5, 5.41) is 10.00. The number of carbonyl (C=O) groups is 3. The molecule has 0 saturated carbocycles. The lowest BCUT2D eigenvalue weighted by Crippen LogP contribution is -2.41. The maximum absolute atomic E-state index is 13.3. The average Bonchev–Trinajstić information content (AvgIpc) is 2.87. The van der Waals surface area contributed by atoms with Crippen molar-refractivity contribution in [2.24, 2.45) is 0 Å². The van der Waals surface area contributed by atoms with Gasteiger partial charge in [-0.15, -0.1) is 0 Å². The molecule has 0 spiro atoms. The Kier molecular flexibility index (Phi) is 7.80. The number of ketones is 2. The minimum absolute atomic E-state index is 0.00496. The quantitative estimate of drug-likeness (QED) is 0.358. The van der Waals surface area contributed by atoms with Gasteiger partial charge in [-0.3, -0.25) is 14.4 Å². The molecule has 0 amide bonds. The first-order valence-corrected chi connectivity index (χ1v) is 15.6. The Morgan fingerprint density at radius 1 is 0.949 bits per heavy atom. The van der Waals surface area contributed by atoms with Crippen LogP contribution in [0.15, 0.2) is 72.8 Å². The number of aliphatic carboxylic acids is 1. The lowest BCUT2D eigenvalue weighted by molar-refractivity contribution is -0.138. The molecule has 0 atom stereocenters. The highest BCUT2D eigenvalue weighted by molar-refractivity contribution is 9.11. The maximum atomic E-state index is 13.3. The molecule has 12 heteroatoms. The zero-order valence-electron chi connectivity index (χ0n) is 20.4. The molecule has 2 aliphatic carbocycles. The van der Waals surface area contributed by atoms with Gasteiger partial charge in [-0.25, -0.2) is 0 Å². The predicted octanol–water partition coefficient (Wildman–Crippen LogP) is 6.13. The summed E-state index contributed by atoms with van der Waals surface area (Å²) in [6.07, 6.45) is 2.85. The van der Waals surface area contributed by atoms with Crippen molar-refractivity contribution in [2.45, 2.75) is 49.3 Å². The second-order valence-electron chi connectivity index (χ2n) is 9.49. The van der Waals surface area contributed by atoms with Crippen LogP contribution in [0.1, 0.15) is 50.0 Å². The molecule has 0 bridgehead atoms. The minimum Gasteiger partial charge on any atom is -0.480 e. The van der Waals surface area contributed by atoms with Gasteiger partial charge in [0.05, 0.1) is 8.95 Å². The summed E-state index contributed by atoms with van der Waals surface area (Å²) in [6, 6.07) is 8.86. The van der Waals surface area contributed by atoms with Crippen molar-refractivity contribution < 1.29 is 32.1 Å². The largest absolute Gasteiger partial charge is 0.480 e. The summed E-state index contributed by atoms with van der Waals surface area (Å²) in [6.45, 7) is -0.326. The number of halogens is 3. The van der Waals surface area contributed by atoms with E-state index in [1.165, 1.54) is 24.3 Å². The lowest BCUT2D eigenvalue weighted by Gasteiger charge is -2.43. The van der Waals surface area contributed by atoms with Gasteiger partial charge >= 0.3 is 16.1 Å². The van der Waals surface area contributed by atoms with Crippen LogP contribution in [0, 0.1) is 0 Å². The number of allylic oxidation sites excluding steroid dienone is 4. The highest BCUT2D eigenvalue weighted by Crippen LogP contribution is 2.50. The van der Waals surface area contributed by atoms with E-state index in [0.717, 1.165) is 0 Å². The molecule has 5 rings (SSSR count). The molecule has 204 valence electrons. The fourth-order valence-electron chi connectivity index (χ4n) is 5.46. The van der Waals surface area contributed by atoms with Gasteiger partial charge in [-0.05, 0) is 99.5 Å². The summed E-state index contributed by atoms with van der Waals surface area (Å²) < 4.78 is 31.9. The first kappa shape index (κ1) is 28.1. The SMILES string of the molecule is O=C(O)CN1C2=C(C(=O)CCC2)C(c2cc(Br)c(OS(=O)(=O)c3ccc(Cl)cc3)c(Br)c2)C2=C1CCCC2=O. The molecular formula is C27H22Br2ClNO7S. The van der Waals surface area contributed by atoms with Gasteiger partial charge in [0.25, 0.3) is 0 Å². The normalized spacial score (nSPS) is 18.3. The number of Topliss-reactive ketones (excluding diaryl/α,β-unsaturated/α-hetero) is 2. The Labute approximate surface area is 247 Å². The molecule has 0 fully saturated rings. The first-order chi connectivity index (χ1) is 18.5. The fourth-order valence-corrected chi connectivity index (χ4v) is 8.15. The van der Waals surface area contributed by atoms with Gasteiger partial charge in [0.1, 0.15) is 11.4 Å². The van der Waals surface area contributed by atoms with Gasteiger partial charge in [0, 0.05) is 46.3 Å². The van der Waals surface area contributed by atoms with Crippen LogP contribution < -0.4 is 4.18 Å². The molecule has 3 aliphatic rings. The van der Waals surface area contributed by atoms with Gasteiger partial charge in [0.2, 0.25) is 0 Å². The minimum atomic E-state index is -4.20. The molecule has 0 aromatic heterocycles. The van der Waals surface area contributed by atoms with Crippen molar-refractivity contribution in [3.8, 4) is 5.75 Å². The summed E-state index contributed by atoms with van der Waals surface area (Å²) in [5.74, 6) is -1.99. The number of carboxylic acids is 1. The van der Waals surface area contributed by atoms with E-state index in [-0.39, 0.29) is 28.8 Å². The van der Waals surface area contributed by atoms with Crippen LogP contribution in [0.5, 0.6) is 5.75 Å².